The molecule has 4 heteroatoms. The summed E-state index contributed by atoms with van der Waals surface area (Å²) in [6, 6.07) is -0.0913. The number of rotatable bonds is 2. The number of carbonyl (C=O) groups is 2. The molecular weight excluding hydrogens is 228 g/mol. The maximum Gasteiger partial charge on any atom is 0.245 e. The van der Waals surface area contributed by atoms with E-state index in [0.29, 0.717) is 19.4 Å². The van der Waals surface area contributed by atoms with Gasteiger partial charge in [-0.1, -0.05) is 34.6 Å². The highest BCUT2D eigenvalue weighted by Gasteiger charge is 2.68. The van der Waals surface area contributed by atoms with Crippen LogP contribution in [-0.2, 0) is 9.59 Å². The predicted molar refractivity (Wildman–Crippen MR) is 69.9 cm³/mol. The Morgan fingerprint density at radius 1 is 1.22 bits per heavy atom. The van der Waals surface area contributed by atoms with Gasteiger partial charge in [0.1, 0.15) is 6.04 Å². The molecular formula is C14H24N2O2. The van der Waals surface area contributed by atoms with Gasteiger partial charge in [0.05, 0.1) is 0 Å². The van der Waals surface area contributed by atoms with E-state index in [1.54, 1.807) is 0 Å². The molecule has 0 radical (unpaired) electrons. The van der Waals surface area contributed by atoms with Crippen molar-refractivity contribution in [3.05, 3.63) is 0 Å². The van der Waals surface area contributed by atoms with Crippen LogP contribution < -0.4 is 5.32 Å². The second-order valence-electron chi connectivity index (χ2n) is 6.66. The summed E-state index contributed by atoms with van der Waals surface area (Å²) < 4.78 is 0. The monoisotopic (exact) mass is 252 g/mol. The van der Waals surface area contributed by atoms with Crippen molar-refractivity contribution in [2.24, 2.45) is 10.8 Å². The third-order valence-electron chi connectivity index (χ3n) is 5.16. The average Bonchev–Trinajstić information content (AvgIpc) is 2.73. The van der Waals surface area contributed by atoms with Crippen molar-refractivity contribution in [2.75, 3.05) is 6.54 Å². The first-order valence-corrected chi connectivity index (χ1v) is 6.83. The van der Waals surface area contributed by atoms with Gasteiger partial charge in [0, 0.05) is 19.0 Å². The molecule has 0 aromatic rings. The molecule has 102 valence electrons. The van der Waals surface area contributed by atoms with Gasteiger partial charge in [-0.3, -0.25) is 9.59 Å². The van der Waals surface area contributed by atoms with Crippen molar-refractivity contribution in [2.45, 2.75) is 59.5 Å². The summed E-state index contributed by atoms with van der Waals surface area (Å²) >= 11 is 0. The molecule has 2 aliphatic rings. The first-order chi connectivity index (χ1) is 8.23. The van der Waals surface area contributed by atoms with E-state index in [0.717, 1.165) is 0 Å². The molecule has 1 unspecified atom stereocenters. The first-order valence-electron chi connectivity index (χ1n) is 6.83. The molecule has 1 aliphatic heterocycles. The van der Waals surface area contributed by atoms with E-state index in [9.17, 15) is 9.59 Å². The summed E-state index contributed by atoms with van der Waals surface area (Å²) in [4.78, 5) is 26.0. The van der Waals surface area contributed by atoms with E-state index in [1.807, 2.05) is 11.8 Å². The number of hydrogen-bond acceptors (Lipinski definition) is 2. The second-order valence-corrected chi connectivity index (χ2v) is 6.66. The lowest BCUT2D eigenvalue weighted by atomic mass is 10.0. The van der Waals surface area contributed by atoms with Crippen LogP contribution in [0.2, 0.25) is 0 Å². The Kier molecular flexibility index (Phi) is 2.95. The topological polar surface area (TPSA) is 49.4 Å². The van der Waals surface area contributed by atoms with E-state index in [1.165, 1.54) is 0 Å². The van der Waals surface area contributed by atoms with Crippen LogP contribution in [-0.4, -0.2) is 35.3 Å². The summed E-state index contributed by atoms with van der Waals surface area (Å²) in [7, 11) is 0. The number of amides is 2. The van der Waals surface area contributed by atoms with E-state index < -0.39 is 0 Å². The summed E-state index contributed by atoms with van der Waals surface area (Å²) in [5.74, 6) is 0.0842. The molecule has 4 nitrogen and oxygen atoms in total. The molecule has 2 fully saturated rings. The predicted octanol–water partition coefficient (Wildman–Crippen LogP) is 1.55. The van der Waals surface area contributed by atoms with Gasteiger partial charge in [0.2, 0.25) is 11.8 Å². The fourth-order valence-corrected chi connectivity index (χ4v) is 3.33. The van der Waals surface area contributed by atoms with Crippen LogP contribution in [0.3, 0.4) is 0 Å². The zero-order chi connectivity index (χ0) is 13.7. The summed E-state index contributed by atoms with van der Waals surface area (Å²) in [6.07, 6.45) is 1.08. The van der Waals surface area contributed by atoms with Crippen molar-refractivity contribution in [3.63, 3.8) is 0 Å². The Bertz CT molecular complexity index is 373. The zero-order valence-corrected chi connectivity index (χ0v) is 12.0. The minimum Gasteiger partial charge on any atom is -0.344 e. The van der Waals surface area contributed by atoms with Crippen LogP contribution in [0, 0.1) is 10.8 Å². The fraction of sp³-hybridized carbons (Fsp3) is 0.857. The van der Waals surface area contributed by atoms with Crippen LogP contribution in [0.15, 0.2) is 0 Å². The van der Waals surface area contributed by atoms with Crippen molar-refractivity contribution in [1.29, 1.82) is 0 Å². The number of nitrogens with one attached hydrogen (secondary N) is 1. The van der Waals surface area contributed by atoms with Crippen molar-refractivity contribution < 1.29 is 9.59 Å². The van der Waals surface area contributed by atoms with E-state index in [-0.39, 0.29) is 34.7 Å². The first kappa shape index (κ1) is 13.4. The van der Waals surface area contributed by atoms with Gasteiger partial charge in [-0.05, 0) is 17.3 Å². The highest BCUT2D eigenvalue weighted by Crippen LogP contribution is 2.65. The van der Waals surface area contributed by atoms with Gasteiger partial charge in [0.15, 0.2) is 0 Å². The van der Waals surface area contributed by atoms with Crippen LogP contribution >= 0.6 is 0 Å². The van der Waals surface area contributed by atoms with Crippen molar-refractivity contribution in [3.8, 4) is 0 Å². The molecule has 1 saturated heterocycles. The Morgan fingerprint density at radius 3 is 2.22 bits per heavy atom. The molecule has 2 amide bonds. The fourth-order valence-electron chi connectivity index (χ4n) is 3.33. The molecule has 1 heterocycles. The smallest absolute Gasteiger partial charge is 0.245 e. The Morgan fingerprint density at radius 2 is 1.78 bits per heavy atom. The second kappa shape index (κ2) is 3.97. The maximum atomic E-state index is 12.5. The van der Waals surface area contributed by atoms with E-state index in [2.05, 4.69) is 33.0 Å². The lowest BCUT2D eigenvalue weighted by Crippen LogP contribution is -2.46. The van der Waals surface area contributed by atoms with Crippen LogP contribution in [0.4, 0.5) is 0 Å². The van der Waals surface area contributed by atoms with Crippen LogP contribution in [0.1, 0.15) is 47.5 Å². The largest absolute Gasteiger partial charge is 0.344 e. The lowest BCUT2D eigenvalue weighted by molar-refractivity contribution is -0.134. The van der Waals surface area contributed by atoms with Crippen molar-refractivity contribution >= 4 is 11.8 Å². The molecule has 0 aromatic carbocycles. The van der Waals surface area contributed by atoms with Crippen LogP contribution in [0.25, 0.3) is 0 Å². The molecule has 1 N–H and O–H groups in total. The summed E-state index contributed by atoms with van der Waals surface area (Å²) in [6.45, 7) is 11.3. The lowest BCUT2D eigenvalue weighted by Gasteiger charge is -2.25. The van der Waals surface area contributed by atoms with Gasteiger partial charge in [-0.2, -0.15) is 0 Å². The van der Waals surface area contributed by atoms with Crippen molar-refractivity contribution in [1.82, 2.24) is 10.2 Å². The molecule has 0 bridgehead atoms. The minimum absolute atomic E-state index is 0.00559. The zero-order valence-electron chi connectivity index (χ0n) is 12.0. The average molecular weight is 252 g/mol. The van der Waals surface area contributed by atoms with Crippen LogP contribution in [0.5, 0.6) is 0 Å². The standard InChI is InChI=1S/C14H24N2O2/c1-6-9-11(18)16(8-7-10(17)15-9)12-13(2,3)14(12,4)5/h9,12H,6-8H2,1-5H3,(H,15,17). The molecule has 1 saturated carbocycles. The molecule has 0 aromatic heterocycles. The highest BCUT2D eigenvalue weighted by atomic mass is 16.2. The van der Waals surface area contributed by atoms with Gasteiger partial charge in [-0.15, -0.1) is 0 Å². The molecule has 1 aliphatic carbocycles. The Hall–Kier alpha value is -1.06. The molecule has 18 heavy (non-hydrogen) atoms. The molecule has 0 spiro atoms. The number of nitrogens with zero attached hydrogens (tertiary/aromatic N) is 1. The third kappa shape index (κ3) is 1.73. The highest BCUT2D eigenvalue weighted by molar-refractivity contribution is 5.90. The maximum absolute atomic E-state index is 12.5. The quantitative estimate of drug-likeness (QED) is 0.810. The summed E-state index contributed by atoms with van der Waals surface area (Å²) in [5, 5.41) is 2.82. The number of carbonyl (C=O) groups excluding carboxylic acids is 2. The van der Waals surface area contributed by atoms with Gasteiger partial charge in [0.25, 0.3) is 0 Å². The van der Waals surface area contributed by atoms with E-state index >= 15 is 0 Å². The Balaban J connectivity index is 2.23. The van der Waals surface area contributed by atoms with Gasteiger partial charge >= 0.3 is 0 Å². The molecule has 2 rings (SSSR count). The number of hydrogen-bond donors (Lipinski definition) is 1. The normalized spacial score (nSPS) is 30.9. The van der Waals surface area contributed by atoms with E-state index in [4.69, 9.17) is 0 Å². The minimum atomic E-state index is -0.341. The SMILES string of the molecule is CCC1NC(=O)CCN(C2C(C)(C)C2(C)C)C1=O. The van der Waals surface area contributed by atoms with Gasteiger partial charge < -0.3 is 10.2 Å². The Labute approximate surface area is 109 Å². The van der Waals surface area contributed by atoms with Gasteiger partial charge in [-0.25, -0.2) is 0 Å². The third-order valence-corrected chi connectivity index (χ3v) is 5.16. The summed E-state index contributed by atoms with van der Waals surface area (Å²) in [5.41, 5.74) is 0.267. The molecule has 1 atom stereocenters.